The molecule has 41 heavy (non-hydrogen) atoms. The molecule has 3 aromatic rings. The summed E-state index contributed by atoms with van der Waals surface area (Å²) >= 11 is 0. The Morgan fingerprint density at radius 2 is 1.88 bits per heavy atom. The molecule has 0 radical (unpaired) electrons. The molecule has 0 saturated carbocycles. The summed E-state index contributed by atoms with van der Waals surface area (Å²) in [6.07, 6.45) is 5.86. The van der Waals surface area contributed by atoms with Crippen molar-refractivity contribution < 1.29 is 23.8 Å². The molecule has 1 aromatic heterocycles. The molecule has 2 amide bonds. The van der Waals surface area contributed by atoms with E-state index in [0.717, 1.165) is 68.1 Å². The van der Waals surface area contributed by atoms with Crippen LogP contribution in [0.3, 0.4) is 0 Å². The SMILES string of the molecule is O=C1NCCCOc2cccc(c2)C2c3ccc(cc3CCN2C(=O)CCCN2CCOCC2)Oc2cncc1c2. The summed E-state index contributed by atoms with van der Waals surface area (Å²) in [5.74, 6) is 1.89. The van der Waals surface area contributed by atoms with Crippen molar-refractivity contribution in [3.05, 3.63) is 83.2 Å². The first-order chi connectivity index (χ1) is 20.1. The van der Waals surface area contributed by atoms with E-state index in [0.29, 0.717) is 49.6 Å². The lowest BCUT2D eigenvalue weighted by molar-refractivity contribution is -0.133. The lowest BCUT2D eigenvalue weighted by Gasteiger charge is -2.38. The molecule has 1 saturated heterocycles. The van der Waals surface area contributed by atoms with E-state index in [1.165, 1.54) is 6.20 Å². The standard InChI is InChI=1S/C32H36N4O5/c37-30(6-2-11-35-13-16-39-17-14-35)36-12-9-23-18-27-7-8-29(23)31(36)24-4-1-5-26(19-24)40-15-3-10-34-32(38)25-20-28(41-27)22-33-21-25/h1,4-5,7-8,18-22,31H,2-3,6,9-17H2,(H,34,38). The molecule has 2 aromatic carbocycles. The van der Waals surface area contributed by atoms with Crippen LogP contribution in [0.25, 0.3) is 0 Å². The second-order valence-corrected chi connectivity index (χ2v) is 10.7. The highest BCUT2D eigenvalue weighted by molar-refractivity contribution is 5.94. The first-order valence-electron chi connectivity index (χ1n) is 14.5. The topological polar surface area (TPSA) is 93.2 Å². The molecule has 0 spiro atoms. The lowest BCUT2D eigenvalue weighted by atomic mass is 9.87. The highest BCUT2D eigenvalue weighted by Gasteiger charge is 2.32. The first kappa shape index (κ1) is 27.2. The van der Waals surface area contributed by atoms with Crippen molar-refractivity contribution in [2.75, 3.05) is 52.5 Å². The number of aromatic nitrogens is 1. The van der Waals surface area contributed by atoms with Crippen LogP contribution in [0.2, 0.25) is 0 Å². The van der Waals surface area contributed by atoms with Gasteiger partial charge in [0, 0.05) is 38.8 Å². The van der Waals surface area contributed by atoms with E-state index in [1.54, 1.807) is 12.3 Å². The molecule has 1 unspecified atom stereocenters. The maximum absolute atomic E-state index is 13.7. The number of morpholine rings is 1. The van der Waals surface area contributed by atoms with Gasteiger partial charge in [-0.2, -0.15) is 0 Å². The van der Waals surface area contributed by atoms with Gasteiger partial charge >= 0.3 is 0 Å². The third kappa shape index (κ3) is 6.52. The zero-order chi connectivity index (χ0) is 28.0. The summed E-state index contributed by atoms with van der Waals surface area (Å²) in [7, 11) is 0. The number of hydrogen-bond acceptors (Lipinski definition) is 7. The molecular formula is C32H36N4O5. The molecule has 4 aliphatic heterocycles. The highest BCUT2D eigenvalue weighted by atomic mass is 16.5. The van der Waals surface area contributed by atoms with Gasteiger partial charge in [-0.3, -0.25) is 19.5 Å². The summed E-state index contributed by atoms with van der Waals surface area (Å²) in [6, 6.07) is 15.5. The summed E-state index contributed by atoms with van der Waals surface area (Å²) in [4.78, 5) is 34.9. The third-order valence-corrected chi connectivity index (χ3v) is 7.89. The zero-order valence-electron chi connectivity index (χ0n) is 23.2. The van der Waals surface area contributed by atoms with E-state index in [4.69, 9.17) is 14.2 Å². The van der Waals surface area contributed by atoms with Gasteiger partial charge in [-0.25, -0.2) is 0 Å². The molecule has 8 bridgehead atoms. The average molecular weight is 557 g/mol. The van der Waals surface area contributed by atoms with Crippen LogP contribution in [0.4, 0.5) is 0 Å². The molecule has 9 heteroatoms. The number of nitrogens with one attached hydrogen (secondary N) is 1. The zero-order valence-corrected chi connectivity index (χ0v) is 23.2. The number of nitrogens with zero attached hydrogens (tertiary/aromatic N) is 3. The van der Waals surface area contributed by atoms with E-state index < -0.39 is 0 Å². The number of carbonyl (C=O) groups is 2. The van der Waals surface area contributed by atoms with Crippen molar-refractivity contribution in [3.63, 3.8) is 0 Å². The molecule has 1 N–H and O–H groups in total. The van der Waals surface area contributed by atoms with Crippen LogP contribution in [0, 0.1) is 0 Å². The van der Waals surface area contributed by atoms with Gasteiger partial charge in [-0.05, 0) is 72.8 Å². The van der Waals surface area contributed by atoms with E-state index in [-0.39, 0.29) is 17.9 Å². The molecule has 1 fully saturated rings. The first-order valence-corrected chi connectivity index (χ1v) is 14.5. The average Bonchev–Trinajstić information content (AvgIpc) is 3.00. The Morgan fingerprint density at radius 1 is 0.976 bits per heavy atom. The molecule has 214 valence electrons. The van der Waals surface area contributed by atoms with Crippen LogP contribution < -0.4 is 14.8 Å². The van der Waals surface area contributed by atoms with Crippen molar-refractivity contribution in [2.45, 2.75) is 31.7 Å². The minimum Gasteiger partial charge on any atom is -0.494 e. The van der Waals surface area contributed by atoms with Gasteiger partial charge < -0.3 is 24.4 Å². The van der Waals surface area contributed by atoms with Crippen LogP contribution in [0.15, 0.2) is 60.9 Å². The molecule has 0 aliphatic carbocycles. The Bertz CT molecular complexity index is 1390. The largest absolute Gasteiger partial charge is 0.494 e. The predicted octanol–water partition coefficient (Wildman–Crippen LogP) is 3.97. The lowest BCUT2D eigenvalue weighted by Crippen LogP contribution is -2.41. The van der Waals surface area contributed by atoms with Gasteiger partial charge in [0.15, 0.2) is 0 Å². The van der Waals surface area contributed by atoms with Gasteiger partial charge in [0.05, 0.1) is 37.6 Å². The van der Waals surface area contributed by atoms with Crippen LogP contribution in [0.1, 0.15) is 52.4 Å². The number of benzene rings is 2. The summed E-state index contributed by atoms with van der Waals surface area (Å²) in [5.41, 5.74) is 3.69. The smallest absolute Gasteiger partial charge is 0.252 e. The van der Waals surface area contributed by atoms with Gasteiger partial charge in [0.25, 0.3) is 5.91 Å². The quantitative estimate of drug-likeness (QED) is 0.520. The Labute approximate surface area is 240 Å². The van der Waals surface area contributed by atoms with E-state index in [1.807, 2.05) is 35.2 Å². The molecule has 5 heterocycles. The highest BCUT2D eigenvalue weighted by Crippen LogP contribution is 2.39. The van der Waals surface area contributed by atoms with E-state index >= 15 is 0 Å². The fourth-order valence-corrected chi connectivity index (χ4v) is 5.79. The Morgan fingerprint density at radius 3 is 2.78 bits per heavy atom. The van der Waals surface area contributed by atoms with Crippen molar-refractivity contribution in [2.24, 2.45) is 0 Å². The number of pyridine rings is 1. The fraction of sp³-hybridized carbons (Fsp3) is 0.406. The third-order valence-electron chi connectivity index (χ3n) is 7.89. The van der Waals surface area contributed by atoms with Crippen molar-refractivity contribution >= 4 is 11.8 Å². The fourth-order valence-electron chi connectivity index (χ4n) is 5.79. The van der Waals surface area contributed by atoms with Gasteiger partial charge in [0.2, 0.25) is 5.91 Å². The maximum atomic E-state index is 13.7. The van der Waals surface area contributed by atoms with Gasteiger partial charge in [0.1, 0.15) is 17.2 Å². The van der Waals surface area contributed by atoms with Crippen molar-refractivity contribution in [1.29, 1.82) is 0 Å². The Balaban J connectivity index is 1.29. The van der Waals surface area contributed by atoms with Gasteiger partial charge in [-0.15, -0.1) is 0 Å². The molecule has 4 aliphatic rings. The number of rotatable bonds is 4. The monoisotopic (exact) mass is 556 g/mol. The van der Waals surface area contributed by atoms with E-state index in [9.17, 15) is 9.59 Å². The van der Waals surface area contributed by atoms with Crippen molar-refractivity contribution in [3.8, 4) is 17.2 Å². The second kappa shape index (κ2) is 12.7. The molecular weight excluding hydrogens is 520 g/mol. The number of hydrogen-bond donors (Lipinski definition) is 1. The molecule has 9 nitrogen and oxygen atoms in total. The molecule has 1 atom stereocenters. The minimum absolute atomic E-state index is 0.168. The predicted molar refractivity (Wildman–Crippen MR) is 153 cm³/mol. The second-order valence-electron chi connectivity index (χ2n) is 10.7. The maximum Gasteiger partial charge on any atom is 0.252 e. The number of amides is 2. The summed E-state index contributed by atoms with van der Waals surface area (Å²) in [5, 5.41) is 2.92. The van der Waals surface area contributed by atoms with Gasteiger partial charge in [-0.1, -0.05) is 18.2 Å². The van der Waals surface area contributed by atoms with Crippen LogP contribution in [0.5, 0.6) is 17.2 Å². The minimum atomic E-state index is -0.213. The van der Waals surface area contributed by atoms with E-state index in [2.05, 4.69) is 27.3 Å². The Kier molecular flexibility index (Phi) is 8.44. The summed E-state index contributed by atoms with van der Waals surface area (Å²) < 4.78 is 17.7. The number of fused-ring (bicyclic) bond motifs is 6. The van der Waals surface area contributed by atoms with Crippen molar-refractivity contribution in [1.82, 2.24) is 20.1 Å². The van der Waals surface area contributed by atoms with Crippen LogP contribution >= 0.6 is 0 Å². The molecule has 7 rings (SSSR count). The van der Waals surface area contributed by atoms with Crippen LogP contribution in [-0.2, 0) is 16.0 Å². The number of ether oxygens (including phenoxy) is 3. The summed E-state index contributed by atoms with van der Waals surface area (Å²) in [6.45, 7) is 5.85. The number of carbonyl (C=O) groups excluding carboxylic acids is 2. The van der Waals surface area contributed by atoms with Crippen LogP contribution in [-0.4, -0.2) is 79.1 Å². The normalized spacial score (nSPS) is 19.4. The Hall–Kier alpha value is -3.95.